The van der Waals surface area contributed by atoms with E-state index in [1.165, 1.54) is 0 Å². The molecule has 20 heavy (non-hydrogen) atoms. The molecule has 5 heteroatoms. The molecular formula is C15H23NO4. The molecule has 0 amide bonds. The molecule has 1 unspecified atom stereocenters. The molecule has 2 rings (SSSR count). The Morgan fingerprint density at radius 3 is 2.85 bits per heavy atom. The largest absolute Gasteiger partial charge is 0.491 e. The van der Waals surface area contributed by atoms with Crippen molar-refractivity contribution in [2.24, 2.45) is 5.92 Å². The number of nitrogens with two attached hydrogens (primary N) is 1. The smallest absolute Gasteiger partial charge is 0.121 e. The first-order valence-electron chi connectivity index (χ1n) is 7.06. The highest BCUT2D eigenvalue weighted by molar-refractivity contribution is 5.43. The molecule has 1 fully saturated rings. The molecule has 1 saturated heterocycles. The fourth-order valence-electron chi connectivity index (χ4n) is 2.13. The second-order valence-electron chi connectivity index (χ2n) is 5.13. The summed E-state index contributed by atoms with van der Waals surface area (Å²) in [6.07, 6.45) is 1.45. The summed E-state index contributed by atoms with van der Waals surface area (Å²) in [4.78, 5) is 0. The third-order valence-corrected chi connectivity index (χ3v) is 3.31. The molecule has 3 N–H and O–H groups in total. The number of hydrogen-bond acceptors (Lipinski definition) is 5. The second-order valence-corrected chi connectivity index (χ2v) is 5.13. The van der Waals surface area contributed by atoms with Gasteiger partial charge in [-0.1, -0.05) is 6.07 Å². The number of anilines is 1. The molecule has 1 aromatic rings. The normalized spacial score (nSPS) is 17.9. The Balaban J connectivity index is 1.59. The van der Waals surface area contributed by atoms with E-state index < -0.39 is 6.10 Å². The first kappa shape index (κ1) is 15.1. The summed E-state index contributed by atoms with van der Waals surface area (Å²) in [5.74, 6) is 1.21. The Hall–Kier alpha value is -1.30. The van der Waals surface area contributed by atoms with E-state index in [1.54, 1.807) is 12.1 Å². The molecule has 0 saturated carbocycles. The molecule has 0 aromatic heterocycles. The summed E-state index contributed by atoms with van der Waals surface area (Å²) < 4.78 is 16.3. The van der Waals surface area contributed by atoms with E-state index in [2.05, 4.69) is 0 Å². The first-order valence-corrected chi connectivity index (χ1v) is 7.06. The molecule has 1 aliphatic rings. The van der Waals surface area contributed by atoms with Gasteiger partial charge in [-0.2, -0.15) is 0 Å². The van der Waals surface area contributed by atoms with E-state index in [4.69, 9.17) is 19.9 Å². The Kier molecular flexibility index (Phi) is 6.11. The highest BCUT2D eigenvalue weighted by atomic mass is 16.5. The Bertz CT molecular complexity index is 393. The Morgan fingerprint density at radius 1 is 1.30 bits per heavy atom. The monoisotopic (exact) mass is 281 g/mol. The fraction of sp³-hybridized carbons (Fsp3) is 0.600. The number of benzene rings is 1. The van der Waals surface area contributed by atoms with Crippen LogP contribution in [0, 0.1) is 5.92 Å². The lowest BCUT2D eigenvalue weighted by molar-refractivity contribution is -0.0203. The van der Waals surface area contributed by atoms with Crippen molar-refractivity contribution in [3.05, 3.63) is 24.3 Å². The maximum Gasteiger partial charge on any atom is 0.121 e. The molecule has 1 atom stereocenters. The van der Waals surface area contributed by atoms with Gasteiger partial charge in [0.05, 0.1) is 6.61 Å². The van der Waals surface area contributed by atoms with E-state index in [9.17, 15) is 5.11 Å². The van der Waals surface area contributed by atoms with Gasteiger partial charge in [0.15, 0.2) is 0 Å². The lowest BCUT2D eigenvalue weighted by Gasteiger charge is -2.22. The van der Waals surface area contributed by atoms with E-state index in [0.717, 1.165) is 26.1 Å². The maximum absolute atomic E-state index is 9.80. The maximum atomic E-state index is 9.80. The van der Waals surface area contributed by atoms with E-state index >= 15 is 0 Å². The van der Waals surface area contributed by atoms with Crippen LogP contribution in [0.15, 0.2) is 24.3 Å². The molecule has 5 nitrogen and oxygen atoms in total. The quantitative estimate of drug-likeness (QED) is 0.740. The molecular weight excluding hydrogens is 258 g/mol. The number of nitrogen functional groups attached to an aromatic ring is 1. The highest BCUT2D eigenvalue weighted by Gasteiger charge is 2.14. The third kappa shape index (κ3) is 5.36. The number of hydrogen-bond donors (Lipinski definition) is 2. The molecule has 1 aromatic carbocycles. The van der Waals surface area contributed by atoms with Crippen LogP contribution in [0.1, 0.15) is 12.8 Å². The van der Waals surface area contributed by atoms with Gasteiger partial charge in [-0.05, 0) is 30.9 Å². The molecule has 0 bridgehead atoms. The first-order chi connectivity index (χ1) is 9.74. The Labute approximate surface area is 119 Å². The Morgan fingerprint density at radius 2 is 2.10 bits per heavy atom. The van der Waals surface area contributed by atoms with Gasteiger partial charge in [0.2, 0.25) is 0 Å². The summed E-state index contributed by atoms with van der Waals surface area (Å²) >= 11 is 0. The van der Waals surface area contributed by atoms with Crippen molar-refractivity contribution in [1.29, 1.82) is 0 Å². The van der Waals surface area contributed by atoms with Gasteiger partial charge < -0.3 is 25.1 Å². The van der Waals surface area contributed by atoms with Gasteiger partial charge in [-0.3, -0.25) is 0 Å². The molecule has 0 aliphatic carbocycles. The van der Waals surface area contributed by atoms with Crippen molar-refractivity contribution in [3.8, 4) is 5.75 Å². The number of aliphatic hydroxyl groups excluding tert-OH is 1. The van der Waals surface area contributed by atoms with Crippen molar-refractivity contribution < 1.29 is 19.3 Å². The van der Waals surface area contributed by atoms with Crippen LogP contribution in [-0.2, 0) is 9.47 Å². The molecule has 0 radical (unpaired) electrons. The third-order valence-electron chi connectivity index (χ3n) is 3.31. The average molecular weight is 281 g/mol. The van der Waals surface area contributed by atoms with Crippen molar-refractivity contribution in [2.45, 2.75) is 18.9 Å². The van der Waals surface area contributed by atoms with Crippen molar-refractivity contribution >= 4 is 5.69 Å². The topological polar surface area (TPSA) is 73.9 Å². The van der Waals surface area contributed by atoms with Crippen molar-refractivity contribution in [1.82, 2.24) is 0 Å². The molecule has 0 spiro atoms. The minimum Gasteiger partial charge on any atom is -0.491 e. The minimum absolute atomic E-state index is 0.206. The molecule has 1 heterocycles. The van der Waals surface area contributed by atoms with Crippen molar-refractivity contribution in [3.63, 3.8) is 0 Å². The average Bonchev–Trinajstić information content (AvgIpc) is 2.46. The van der Waals surface area contributed by atoms with Gasteiger partial charge >= 0.3 is 0 Å². The van der Waals surface area contributed by atoms with E-state index in [-0.39, 0.29) is 6.61 Å². The van der Waals surface area contributed by atoms with Gasteiger partial charge in [-0.25, -0.2) is 0 Å². The van der Waals surface area contributed by atoms with Crippen LogP contribution in [0.5, 0.6) is 5.75 Å². The summed E-state index contributed by atoms with van der Waals surface area (Å²) in [7, 11) is 0. The van der Waals surface area contributed by atoms with E-state index in [1.807, 2.05) is 12.1 Å². The lowest BCUT2D eigenvalue weighted by Crippen LogP contribution is -2.26. The number of aliphatic hydroxyl groups is 1. The summed E-state index contributed by atoms with van der Waals surface area (Å²) in [5.41, 5.74) is 6.30. The fourth-order valence-corrected chi connectivity index (χ4v) is 2.13. The van der Waals surface area contributed by atoms with Crippen LogP contribution in [0.3, 0.4) is 0 Å². The standard InChI is InChI=1S/C15H23NO4/c16-13-2-1-3-15(8-13)20-11-14(17)10-19-9-12-4-6-18-7-5-12/h1-3,8,12,14,17H,4-7,9-11,16H2. The number of ether oxygens (including phenoxy) is 3. The highest BCUT2D eigenvalue weighted by Crippen LogP contribution is 2.16. The van der Waals surface area contributed by atoms with Crippen LogP contribution in [0.4, 0.5) is 5.69 Å². The van der Waals surface area contributed by atoms with Gasteiger partial charge in [0.25, 0.3) is 0 Å². The number of rotatable bonds is 7. The predicted molar refractivity (Wildman–Crippen MR) is 76.7 cm³/mol. The van der Waals surface area contributed by atoms with E-state index in [0.29, 0.717) is 30.6 Å². The van der Waals surface area contributed by atoms with Crippen LogP contribution < -0.4 is 10.5 Å². The van der Waals surface area contributed by atoms with Crippen molar-refractivity contribution in [2.75, 3.05) is 38.8 Å². The zero-order chi connectivity index (χ0) is 14.2. The summed E-state index contributed by atoms with van der Waals surface area (Å²) in [6.45, 7) is 2.81. The van der Waals surface area contributed by atoms with Gasteiger partial charge in [0, 0.05) is 31.6 Å². The second kappa shape index (κ2) is 8.09. The summed E-state index contributed by atoms with van der Waals surface area (Å²) in [6, 6.07) is 7.15. The van der Waals surface area contributed by atoms with Gasteiger partial charge in [0.1, 0.15) is 18.5 Å². The van der Waals surface area contributed by atoms with Crippen LogP contribution >= 0.6 is 0 Å². The predicted octanol–water partition coefficient (Wildman–Crippen LogP) is 1.45. The zero-order valence-electron chi connectivity index (χ0n) is 11.7. The SMILES string of the molecule is Nc1cccc(OCC(O)COCC2CCOCC2)c1. The zero-order valence-corrected chi connectivity index (χ0v) is 11.7. The summed E-state index contributed by atoms with van der Waals surface area (Å²) in [5, 5.41) is 9.80. The lowest BCUT2D eigenvalue weighted by atomic mass is 10.0. The van der Waals surface area contributed by atoms with Crippen LogP contribution in [0.2, 0.25) is 0 Å². The van der Waals surface area contributed by atoms with Crippen LogP contribution in [0.25, 0.3) is 0 Å². The molecule has 112 valence electrons. The molecule has 1 aliphatic heterocycles. The van der Waals surface area contributed by atoms with Crippen LogP contribution in [-0.4, -0.2) is 44.2 Å². The van der Waals surface area contributed by atoms with Gasteiger partial charge in [-0.15, -0.1) is 0 Å². The minimum atomic E-state index is -0.628.